The van der Waals surface area contributed by atoms with Gasteiger partial charge >= 0.3 is 0 Å². The first-order valence-electron chi connectivity index (χ1n) is 5.85. The molecule has 0 aliphatic heterocycles. The number of aryl methyl sites for hydroxylation is 2. The fourth-order valence-corrected chi connectivity index (χ4v) is 2.57. The summed E-state index contributed by atoms with van der Waals surface area (Å²) in [6, 6.07) is 0. The SMILES string of the molecule is CCCc1nc(CNc2nc(C)ncc2Cl)cs1. The van der Waals surface area contributed by atoms with Crippen LogP contribution >= 0.6 is 22.9 Å². The zero-order valence-corrected chi connectivity index (χ0v) is 12.0. The molecule has 0 saturated heterocycles. The van der Waals surface area contributed by atoms with Crippen LogP contribution < -0.4 is 5.32 Å². The van der Waals surface area contributed by atoms with Crippen molar-refractivity contribution in [2.45, 2.75) is 33.2 Å². The third kappa shape index (κ3) is 3.40. The van der Waals surface area contributed by atoms with Crippen LogP contribution in [0.25, 0.3) is 0 Å². The minimum atomic E-state index is 0.532. The third-order valence-electron chi connectivity index (χ3n) is 2.36. The van der Waals surface area contributed by atoms with Gasteiger partial charge in [-0.05, 0) is 19.8 Å². The molecule has 0 amide bonds. The highest BCUT2D eigenvalue weighted by atomic mass is 35.5. The lowest BCUT2D eigenvalue weighted by molar-refractivity contribution is 0.893. The Hall–Kier alpha value is -1.20. The van der Waals surface area contributed by atoms with Gasteiger partial charge in [-0.2, -0.15) is 0 Å². The third-order valence-corrected chi connectivity index (χ3v) is 3.60. The summed E-state index contributed by atoms with van der Waals surface area (Å²) >= 11 is 7.71. The number of thiazole rings is 1. The smallest absolute Gasteiger partial charge is 0.148 e. The molecule has 0 spiro atoms. The molecular weight excluding hydrogens is 268 g/mol. The maximum atomic E-state index is 6.01. The Balaban J connectivity index is 1.99. The topological polar surface area (TPSA) is 50.7 Å². The molecule has 4 nitrogen and oxygen atoms in total. The van der Waals surface area contributed by atoms with Gasteiger partial charge in [0.15, 0.2) is 0 Å². The second-order valence-electron chi connectivity index (χ2n) is 3.95. The zero-order chi connectivity index (χ0) is 13.0. The van der Waals surface area contributed by atoms with Crippen LogP contribution in [0.2, 0.25) is 5.02 Å². The van der Waals surface area contributed by atoms with Crippen LogP contribution in [0.3, 0.4) is 0 Å². The van der Waals surface area contributed by atoms with Crippen molar-refractivity contribution >= 4 is 28.8 Å². The molecular formula is C12H15ClN4S. The number of nitrogens with zero attached hydrogens (tertiary/aromatic N) is 3. The molecule has 18 heavy (non-hydrogen) atoms. The summed E-state index contributed by atoms with van der Waals surface area (Å²) in [6.45, 7) is 4.63. The molecule has 0 radical (unpaired) electrons. The first-order valence-corrected chi connectivity index (χ1v) is 7.11. The van der Waals surface area contributed by atoms with Crippen molar-refractivity contribution in [2.75, 3.05) is 5.32 Å². The maximum absolute atomic E-state index is 6.01. The van der Waals surface area contributed by atoms with E-state index in [1.165, 1.54) is 5.01 Å². The van der Waals surface area contributed by atoms with Gasteiger partial charge in [-0.15, -0.1) is 11.3 Å². The second kappa shape index (κ2) is 6.11. The van der Waals surface area contributed by atoms with Gasteiger partial charge in [-0.3, -0.25) is 0 Å². The number of halogens is 1. The van der Waals surface area contributed by atoms with Crippen LogP contribution in [-0.4, -0.2) is 15.0 Å². The average molecular weight is 283 g/mol. The lowest BCUT2D eigenvalue weighted by Gasteiger charge is -2.05. The van der Waals surface area contributed by atoms with Crippen molar-refractivity contribution in [2.24, 2.45) is 0 Å². The van der Waals surface area contributed by atoms with Gasteiger partial charge in [0, 0.05) is 5.38 Å². The molecule has 0 aromatic carbocycles. The Kier molecular flexibility index (Phi) is 4.49. The monoisotopic (exact) mass is 282 g/mol. The summed E-state index contributed by atoms with van der Waals surface area (Å²) in [7, 11) is 0. The summed E-state index contributed by atoms with van der Waals surface area (Å²) in [5.41, 5.74) is 1.02. The van der Waals surface area contributed by atoms with Crippen molar-refractivity contribution in [1.29, 1.82) is 0 Å². The zero-order valence-electron chi connectivity index (χ0n) is 10.4. The van der Waals surface area contributed by atoms with Crippen molar-refractivity contribution in [1.82, 2.24) is 15.0 Å². The number of anilines is 1. The Morgan fingerprint density at radius 1 is 1.39 bits per heavy atom. The van der Waals surface area contributed by atoms with Crippen LogP contribution in [0.5, 0.6) is 0 Å². The predicted octanol–water partition coefficient (Wildman–Crippen LogP) is 3.46. The molecule has 2 rings (SSSR count). The Morgan fingerprint density at radius 2 is 2.22 bits per heavy atom. The molecule has 6 heteroatoms. The number of nitrogens with one attached hydrogen (secondary N) is 1. The largest absolute Gasteiger partial charge is 0.363 e. The van der Waals surface area contributed by atoms with Gasteiger partial charge in [0.05, 0.1) is 23.4 Å². The minimum Gasteiger partial charge on any atom is -0.363 e. The molecule has 2 heterocycles. The first kappa shape index (κ1) is 13.2. The van der Waals surface area contributed by atoms with Crippen molar-refractivity contribution in [3.05, 3.63) is 33.1 Å². The van der Waals surface area contributed by atoms with Crippen molar-refractivity contribution in [3.63, 3.8) is 0 Å². The highest BCUT2D eigenvalue weighted by Gasteiger charge is 2.05. The molecule has 1 N–H and O–H groups in total. The standard InChI is InChI=1S/C12H15ClN4S/c1-3-4-11-17-9(7-18-11)5-15-12-10(13)6-14-8(2)16-12/h6-7H,3-5H2,1-2H3,(H,14,15,16). The van der Waals surface area contributed by atoms with Gasteiger partial charge in [0.2, 0.25) is 0 Å². The van der Waals surface area contributed by atoms with Gasteiger partial charge in [-0.25, -0.2) is 15.0 Å². The molecule has 0 fully saturated rings. The summed E-state index contributed by atoms with van der Waals surface area (Å²) in [6.07, 6.45) is 3.77. The van der Waals surface area contributed by atoms with E-state index in [0.717, 1.165) is 18.5 Å². The Labute approximate surface area is 115 Å². The van der Waals surface area contributed by atoms with E-state index in [-0.39, 0.29) is 0 Å². The first-order chi connectivity index (χ1) is 8.69. The van der Waals surface area contributed by atoms with E-state index in [1.54, 1.807) is 17.5 Å². The average Bonchev–Trinajstić information content (AvgIpc) is 2.79. The van der Waals surface area contributed by atoms with E-state index in [4.69, 9.17) is 11.6 Å². The van der Waals surface area contributed by atoms with E-state index in [1.807, 2.05) is 6.92 Å². The van der Waals surface area contributed by atoms with Gasteiger partial charge < -0.3 is 5.32 Å². The Morgan fingerprint density at radius 3 is 3.00 bits per heavy atom. The van der Waals surface area contributed by atoms with Gasteiger partial charge in [0.1, 0.15) is 16.7 Å². The molecule has 0 bridgehead atoms. The summed E-state index contributed by atoms with van der Waals surface area (Å²) in [5, 5.41) is 6.97. The molecule has 0 aliphatic carbocycles. The number of hydrogen-bond donors (Lipinski definition) is 1. The molecule has 0 atom stereocenters. The van der Waals surface area contributed by atoms with Gasteiger partial charge in [0.25, 0.3) is 0 Å². The maximum Gasteiger partial charge on any atom is 0.148 e. The lowest BCUT2D eigenvalue weighted by Crippen LogP contribution is -2.04. The highest BCUT2D eigenvalue weighted by molar-refractivity contribution is 7.09. The summed E-state index contributed by atoms with van der Waals surface area (Å²) < 4.78 is 0. The van der Waals surface area contributed by atoms with E-state index in [0.29, 0.717) is 23.2 Å². The normalized spacial score (nSPS) is 10.6. The number of aromatic nitrogens is 3. The fourth-order valence-electron chi connectivity index (χ4n) is 1.51. The van der Waals surface area contributed by atoms with Crippen LogP contribution in [0.15, 0.2) is 11.6 Å². The molecule has 96 valence electrons. The van der Waals surface area contributed by atoms with E-state index >= 15 is 0 Å². The number of rotatable bonds is 5. The summed E-state index contributed by atoms with van der Waals surface area (Å²) in [5.74, 6) is 1.36. The minimum absolute atomic E-state index is 0.532. The van der Waals surface area contributed by atoms with Crippen molar-refractivity contribution < 1.29 is 0 Å². The second-order valence-corrected chi connectivity index (χ2v) is 5.30. The van der Waals surface area contributed by atoms with Crippen LogP contribution in [0.1, 0.15) is 29.9 Å². The fraction of sp³-hybridized carbons (Fsp3) is 0.417. The molecule has 0 aliphatic rings. The van der Waals surface area contributed by atoms with Crippen molar-refractivity contribution in [3.8, 4) is 0 Å². The van der Waals surface area contributed by atoms with Crippen LogP contribution in [-0.2, 0) is 13.0 Å². The molecule has 2 aromatic heterocycles. The van der Waals surface area contributed by atoms with Crippen LogP contribution in [0, 0.1) is 6.92 Å². The Bertz CT molecular complexity index is 527. The molecule has 2 aromatic rings. The summed E-state index contributed by atoms with van der Waals surface area (Å²) in [4.78, 5) is 12.8. The van der Waals surface area contributed by atoms with E-state index in [9.17, 15) is 0 Å². The highest BCUT2D eigenvalue weighted by Crippen LogP contribution is 2.19. The lowest BCUT2D eigenvalue weighted by atomic mass is 10.3. The molecule has 0 unspecified atom stereocenters. The predicted molar refractivity (Wildman–Crippen MR) is 75.2 cm³/mol. The van der Waals surface area contributed by atoms with E-state index in [2.05, 4.69) is 32.6 Å². The molecule has 0 saturated carbocycles. The number of hydrogen-bond acceptors (Lipinski definition) is 5. The quantitative estimate of drug-likeness (QED) is 0.912. The van der Waals surface area contributed by atoms with Gasteiger partial charge in [-0.1, -0.05) is 18.5 Å². The van der Waals surface area contributed by atoms with Crippen LogP contribution in [0.4, 0.5) is 5.82 Å². The van der Waals surface area contributed by atoms with E-state index < -0.39 is 0 Å².